The predicted molar refractivity (Wildman–Crippen MR) is 62.9 cm³/mol. The van der Waals surface area contributed by atoms with Gasteiger partial charge in [-0.25, -0.2) is 5.43 Å². The first kappa shape index (κ1) is 11.4. The van der Waals surface area contributed by atoms with E-state index in [9.17, 15) is 0 Å². The van der Waals surface area contributed by atoms with Gasteiger partial charge >= 0.3 is 0 Å². The fourth-order valence-electron chi connectivity index (χ4n) is 1.99. The number of nitrogens with one attached hydrogen (secondary N) is 1. The zero-order chi connectivity index (χ0) is 10.8. The average molecular weight is 247 g/mol. The zero-order valence-electron chi connectivity index (χ0n) is 8.57. The summed E-state index contributed by atoms with van der Waals surface area (Å²) in [6.07, 6.45) is 1.22. The second-order valence-corrected chi connectivity index (χ2v) is 5.23. The highest BCUT2D eigenvalue weighted by atomic mass is 35.5. The topological polar surface area (TPSA) is 47.3 Å². The van der Waals surface area contributed by atoms with Gasteiger partial charge in [-0.15, -0.1) is 11.3 Å². The Morgan fingerprint density at radius 2 is 2.53 bits per heavy atom. The number of hydrazine groups is 1. The molecule has 0 aromatic carbocycles. The van der Waals surface area contributed by atoms with Crippen LogP contribution in [0.1, 0.15) is 24.3 Å². The number of nitrogens with two attached hydrogens (primary N) is 1. The Balaban J connectivity index is 2.20. The Morgan fingerprint density at radius 3 is 3.00 bits per heavy atom. The van der Waals surface area contributed by atoms with Crippen LogP contribution in [0, 0.1) is 5.92 Å². The van der Waals surface area contributed by atoms with Crippen molar-refractivity contribution in [2.24, 2.45) is 11.8 Å². The third kappa shape index (κ3) is 2.19. The van der Waals surface area contributed by atoms with Crippen LogP contribution < -0.4 is 11.3 Å². The van der Waals surface area contributed by atoms with Gasteiger partial charge in [-0.05, 0) is 23.8 Å². The molecule has 5 heteroatoms. The molecule has 0 saturated carbocycles. The van der Waals surface area contributed by atoms with Crippen LogP contribution in [-0.2, 0) is 4.74 Å². The van der Waals surface area contributed by atoms with Gasteiger partial charge in [0.2, 0.25) is 0 Å². The molecule has 3 unspecified atom stereocenters. The van der Waals surface area contributed by atoms with E-state index in [2.05, 4.69) is 12.3 Å². The highest BCUT2D eigenvalue weighted by Gasteiger charge is 2.34. The quantitative estimate of drug-likeness (QED) is 0.636. The van der Waals surface area contributed by atoms with Gasteiger partial charge < -0.3 is 4.74 Å². The van der Waals surface area contributed by atoms with Gasteiger partial charge in [0, 0.05) is 11.5 Å². The Bertz CT molecular complexity index is 331. The Morgan fingerprint density at radius 1 is 1.73 bits per heavy atom. The predicted octanol–water partition coefficient (Wildman–Crippen LogP) is 2.33. The maximum absolute atomic E-state index is 6.10. The van der Waals surface area contributed by atoms with Crippen molar-refractivity contribution in [3.8, 4) is 0 Å². The highest BCUT2D eigenvalue weighted by Crippen LogP contribution is 2.36. The Kier molecular flexibility index (Phi) is 3.64. The molecular weight excluding hydrogens is 232 g/mol. The second-order valence-electron chi connectivity index (χ2n) is 3.88. The number of hydrogen-bond donors (Lipinski definition) is 2. The Labute approximate surface area is 98.5 Å². The zero-order valence-corrected chi connectivity index (χ0v) is 10.1. The van der Waals surface area contributed by atoms with Crippen molar-refractivity contribution in [2.75, 3.05) is 6.61 Å². The van der Waals surface area contributed by atoms with Crippen molar-refractivity contribution in [2.45, 2.75) is 25.5 Å². The van der Waals surface area contributed by atoms with Gasteiger partial charge in [-0.2, -0.15) is 0 Å². The van der Waals surface area contributed by atoms with Gasteiger partial charge in [0.15, 0.2) is 0 Å². The van der Waals surface area contributed by atoms with E-state index < -0.39 is 0 Å². The summed E-state index contributed by atoms with van der Waals surface area (Å²) in [7, 11) is 0. The fraction of sp³-hybridized carbons (Fsp3) is 0.600. The molecule has 84 valence electrons. The summed E-state index contributed by atoms with van der Waals surface area (Å²) in [5.74, 6) is 6.11. The van der Waals surface area contributed by atoms with Crippen LogP contribution >= 0.6 is 22.9 Å². The van der Waals surface area contributed by atoms with Crippen LogP contribution in [0.5, 0.6) is 0 Å². The number of hydrogen-bond acceptors (Lipinski definition) is 4. The maximum atomic E-state index is 6.10. The van der Waals surface area contributed by atoms with Crippen molar-refractivity contribution in [3.05, 3.63) is 21.3 Å². The summed E-state index contributed by atoms with van der Waals surface area (Å²) in [4.78, 5) is 1.07. The lowest BCUT2D eigenvalue weighted by Gasteiger charge is -2.24. The van der Waals surface area contributed by atoms with E-state index in [1.54, 1.807) is 11.3 Å². The fourth-order valence-corrected chi connectivity index (χ4v) is 3.26. The molecule has 1 aliphatic rings. The normalized spacial score (nSPS) is 28.2. The largest absolute Gasteiger partial charge is 0.376 e. The number of rotatable bonds is 3. The van der Waals surface area contributed by atoms with Crippen molar-refractivity contribution >= 4 is 22.9 Å². The number of thiophene rings is 1. The smallest absolute Gasteiger partial charge is 0.0832 e. The molecule has 0 spiro atoms. The molecule has 1 aromatic rings. The maximum Gasteiger partial charge on any atom is 0.0832 e. The summed E-state index contributed by atoms with van der Waals surface area (Å²) in [5, 5.41) is 2.74. The van der Waals surface area contributed by atoms with Gasteiger partial charge in [0.25, 0.3) is 0 Å². The minimum Gasteiger partial charge on any atom is -0.376 e. The monoisotopic (exact) mass is 246 g/mol. The van der Waals surface area contributed by atoms with Crippen LogP contribution in [-0.4, -0.2) is 12.7 Å². The third-order valence-electron chi connectivity index (χ3n) is 2.88. The van der Waals surface area contributed by atoms with Gasteiger partial charge in [0.05, 0.1) is 17.2 Å². The summed E-state index contributed by atoms with van der Waals surface area (Å²) in [6.45, 7) is 3.00. The lowest BCUT2D eigenvalue weighted by Crippen LogP contribution is -2.38. The highest BCUT2D eigenvalue weighted by molar-refractivity contribution is 7.10. The SMILES string of the molecule is CC1CCOC1C(NN)c1sccc1Cl. The molecule has 1 saturated heterocycles. The molecule has 1 aromatic heterocycles. The molecule has 15 heavy (non-hydrogen) atoms. The van der Waals surface area contributed by atoms with E-state index in [0.717, 1.165) is 22.9 Å². The minimum atomic E-state index is 0.00926. The first-order valence-electron chi connectivity index (χ1n) is 5.04. The van der Waals surface area contributed by atoms with Crippen LogP contribution in [0.15, 0.2) is 11.4 Å². The molecule has 0 bridgehead atoms. The van der Waals surface area contributed by atoms with E-state index in [-0.39, 0.29) is 12.1 Å². The van der Waals surface area contributed by atoms with Gasteiger partial charge in [-0.1, -0.05) is 18.5 Å². The molecule has 2 heterocycles. The summed E-state index contributed by atoms with van der Waals surface area (Å²) < 4.78 is 5.70. The van der Waals surface area contributed by atoms with Crippen LogP contribution in [0.25, 0.3) is 0 Å². The Hall–Kier alpha value is -0.130. The molecule has 3 nitrogen and oxygen atoms in total. The molecule has 0 aliphatic carbocycles. The van der Waals surface area contributed by atoms with Crippen molar-refractivity contribution in [1.29, 1.82) is 0 Å². The second kappa shape index (κ2) is 4.80. The van der Waals surface area contributed by atoms with Gasteiger partial charge in [-0.3, -0.25) is 5.84 Å². The average Bonchev–Trinajstić information content (AvgIpc) is 2.80. The molecule has 0 radical (unpaired) electrons. The summed E-state index contributed by atoms with van der Waals surface area (Å²) in [6, 6.07) is 1.90. The van der Waals surface area contributed by atoms with E-state index in [4.69, 9.17) is 22.2 Å². The molecule has 1 aliphatic heterocycles. The first-order chi connectivity index (χ1) is 7.24. The van der Waals surface area contributed by atoms with Crippen molar-refractivity contribution < 1.29 is 4.74 Å². The third-order valence-corrected chi connectivity index (χ3v) is 4.32. The van der Waals surface area contributed by atoms with Crippen LogP contribution in [0.3, 0.4) is 0 Å². The van der Waals surface area contributed by atoms with Crippen molar-refractivity contribution in [1.82, 2.24) is 5.43 Å². The molecular formula is C10H15ClN2OS. The number of ether oxygens (including phenoxy) is 1. The van der Waals surface area contributed by atoms with Gasteiger partial charge in [0.1, 0.15) is 0 Å². The van der Waals surface area contributed by atoms with Crippen LogP contribution in [0.2, 0.25) is 5.02 Å². The molecule has 3 N–H and O–H groups in total. The van der Waals surface area contributed by atoms with Crippen molar-refractivity contribution in [3.63, 3.8) is 0 Å². The lowest BCUT2D eigenvalue weighted by atomic mass is 9.97. The van der Waals surface area contributed by atoms with E-state index >= 15 is 0 Å². The summed E-state index contributed by atoms with van der Waals surface area (Å²) >= 11 is 7.72. The molecule has 1 fully saturated rings. The van der Waals surface area contributed by atoms with E-state index in [0.29, 0.717) is 5.92 Å². The van der Waals surface area contributed by atoms with E-state index in [1.165, 1.54) is 0 Å². The standard InChI is InChI=1S/C10H15ClN2OS/c1-6-2-4-14-9(6)8(13-12)10-7(11)3-5-15-10/h3,5-6,8-9,13H,2,4,12H2,1H3. The van der Waals surface area contributed by atoms with E-state index in [1.807, 2.05) is 11.4 Å². The lowest BCUT2D eigenvalue weighted by molar-refractivity contribution is 0.0618. The summed E-state index contributed by atoms with van der Waals surface area (Å²) in [5.41, 5.74) is 2.82. The molecule has 2 rings (SSSR count). The number of halogens is 1. The molecule has 0 amide bonds. The van der Waals surface area contributed by atoms with Crippen LogP contribution in [0.4, 0.5) is 0 Å². The minimum absolute atomic E-state index is 0.00926. The molecule has 3 atom stereocenters. The first-order valence-corrected chi connectivity index (χ1v) is 6.30.